The number of carboxylic acid groups (broad SMARTS) is 1. The minimum atomic E-state index is -1.12. The molecule has 0 spiro atoms. The lowest BCUT2D eigenvalue weighted by Gasteiger charge is -2.43. The predicted octanol–water partition coefficient (Wildman–Crippen LogP) is 5.08. The maximum absolute atomic E-state index is 12.5. The number of nitrogens with zero attached hydrogens (tertiary/aromatic N) is 4. The zero-order valence-electron chi connectivity index (χ0n) is 20.4. The van der Waals surface area contributed by atoms with Crippen molar-refractivity contribution in [1.29, 1.82) is 0 Å². The second kappa shape index (κ2) is 8.75. The van der Waals surface area contributed by atoms with Crippen LogP contribution in [0, 0.1) is 0 Å². The number of carbonyl (C=O) groups excluding carboxylic acids is 1. The SMILES string of the molecule is CC(C)(C)OC(=O)NC1(c2ccc(-n3c(-c4ccccn4)cc4c(C(=O)O)ncnc43)cc2)CCC1. The van der Waals surface area contributed by atoms with Crippen molar-refractivity contribution in [2.24, 2.45) is 0 Å². The number of fused-ring (bicyclic) bond motifs is 1. The molecule has 9 heteroatoms. The van der Waals surface area contributed by atoms with Crippen LogP contribution in [-0.4, -0.2) is 42.3 Å². The highest BCUT2D eigenvalue weighted by molar-refractivity contribution is 6.02. The van der Waals surface area contributed by atoms with Gasteiger partial charge in [0.05, 0.1) is 22.3 Å². The van der Waals surface area contributed by atoms with Gasteiger partial charge in [0.25, 0.3) is 0 Å². The van der Waals surface area contributed by atoms with Crippen LogP contribution in [0.5, 0.6) is 0 Å². The molecule has 5 rings (SSSR count). The second-order valence-corrected chi connectivity index (χ2v) is 9.95. The molecule has 1 amide bonds. The van der Waals surface area contributed by atoms with E-state index < -0.39 is 23.2 Å². The number of aromatic carboxylic acids is 1. The lowest BCUT2D eigenvalue weighted by atomic mass is 9.72. The zero-order valence-corrected chi connectivity index (χ0v) is 20.4. The van der Waals surface area contributed by atoms with Crippen molar-refractivity contribution in [3.63, 3.8) is 0 Å². The Morgan fingerprint density at radius 2 is 1.81 bits per heavy atom. The number of alkyl carbamates (subject to hydrolysis) is 1. The average molecular weight is 486 g/mol. The first-order chi connectivity index (χ1) is 17.2. The molecule has 1 aliphatic carbocycles. The van der Waals surface area contributed by atoms with Gasteiger partial charge in [0.15, 0.2) is 5.69 Å². The number of nitrogens with one attached hydrogen (secondary N) is 1. The Balaban J connectivity index is 1.57. The quantitative estimate of drug-likeness (QED) is 0.404. The first-order valence-corrected chi connectivity index (χ1v) is 11.8. The molecule has 184 valence electrons. The lowest BCUT2D eigenvalue weighted by Crippen LogP contribution is -2.52. The van der Waals surface area contributed by atoms with Crippen LogP contribution in [0.1, 0.15) is 56.1 Å². The number of ether oxygens (including phenoxy) is 1. The number of amides is 1. The maximum Gasteiger partial charge on any atom is 0.408 e. The summed E-state index contributed by atoms with van der Waals surface area (Å²) in [6, 6.07) is 15.2. The second-order valence-electron chi connectivity index (χ2n) is 9.95. The number of hydrogen-bond acceptors (Lipinski definition) is 6. The zero-order chi connectivity index (χ0) is 25.5. The van der Waals surface area contributed by atoms with Crippen LogP contribution in [0.25, 0.3) is 28.1 Å². The largest absolute Gasteiger partial charge is 0.476 e. The van der Waals surface area contributed by atoms with Gasteiger partial charge in [0, 0.05) is 11.9 Å². The molecule has 1 saturated carbocycles. The molecule has 0 unspecified atom stereocenters. The summed E-state index contributed by atoms with van der Waals surface area (Å²) in [5, 5.41) is 13.2. The molecule has 3 heterocycles. The van der Waals surface area contributed by atoms with Gasteiger partial charge in [-0.15, -0.1) is 0 Å². The molecule has 2 N–H and O–H groups in total. The van der Waals surface area contributed by atoms with Crippen molar-refractivity contribution in [3.8, 4) is 17.1 Å². The van der Waals surface area contributed by atoms with Crippen LogP contribution in [0.4, 0.5) is 4.79 Å². The number of rotatable bonds is 5. The van der Waals surface area contributed by atoms with Crippen molar-refractivity contribution >= 4 is 23.1 Å². The van der Waals surface area contributed by atoms with Crippen molar-refractivity contribution in [2.45, 2.75) is 51.2 Å². The van der Waals surface area contributed by atoms with E-state index in [2.05, 4.69) is 20.3 Å². The Kier molecular flexibility index (Phi) is 5.70. The van der Waals surface area contributed by atoms with Gasteiger partial charge in [-0.25, -0.2) is 19.6 Å². The van der Waals surface area contributed by atoms with E-state index in [1.54, 1.807) is 12.3 Å². The summed E-state index contributed by atoms with van der Waals surface area (Å²) in [5.74, 6) is -1.12. The van der Waals surface area contributed by atoms with Gasteiger partial charge in [0.2, 0.25) is 0 Å². The summed E-state index contributed by atoms with van der Waals surface area (Å²) in [6.07, 6.45) is 5.18. The molecule has 1 aliphatic rings. The summed E-state index contributed by atoms with van der Waals surface area (Å²) in [6.45, 7) is 5.53. The monoisotopic (exact) mass is 485 g/mol. The third-order valence-electron chi connectivity index (χ3n) is 6.35. The van der Waals surface area contributed by atoms with E-state index in [9.17, 15) is 14.7 Å². The third kappa shape index (κ3) is 4.28. The summed E-state index contributed by atoms with van der Waals surface area (Å²) in [4.78, 5) is 37.2. The first kappa shape index (κ1) is 23.5. The minimum Gasteiger partial charge on any atom is -0.476 e. The fourth-order valence-corrected chi connectivity index (χ4v) is 4.59. The van der Waals surface area contributed by atoms with Crippen LogP contribution in [-0.2, 0) is 10.3 Å². The molecule has 36 heavy (non-hydrogen) atoms. The third-order valence-corrected chi connectivity index (χ3v) is 6.35. The molecule has 0 saturated heterocycles. The van der Waals surface area contributed by atoms with Gasteiger partial charge in [0.1, 0.15) is 17.6 Å². The topological polar surface area (TPSA) is 119 Å². The molecular formula is C27H27N5O4. The first-order valence-electron chi connectivity index (χ1n) is 11.8. The normalized spacial score (nSPS) is 14.8. The molecule has 0 aliphatic heterocycles. The molecule has 0 atom stereocenters. The van der Waals surface area contributed by atoms with E-state index in [0.29, 0.717) is 22.4 Å². The van der Waals surface area contributed by atoms with Gasteiger partial charge in [-0.05, 0) is 75.9 Å². The lowest BCUT2D eigenvalue weighted by molar-refractivity contribution is 0.0377. The molecule has 3 aromatic heterocycles. The van der Waals surface area contributed by atoms with Gasteiger partial charge >= 0.3 is 12.1 Å². The molecule has 4 aromatic rings. The molecule has 0 bridgehead atoms. The van der Waals surface area contributed by atoms with E-state index in [4.69, 9.17) is 4.74 Å². The Morgan fingerprint density at radius 1 is 1.06 bits per heavy atom. The fourth-order valence-electron chi connectivity index (χ4n) is 4.59. The van der Waals surface area contributed by atoms with Crippen molar-refractivity contribution in [1.82, 2.24) is 24.8 Å². The summed E-state index contributed by atoms with van der Waals surface area (Å²) in [7, 11) is 0. The average Bonchev–Trinajstić information content (AvgIpc) is 3.20. The molecule has 0 radical (unpaired) electrons. The van der Waals surface area contributed by atoms with E-state index in [1.165, 1.54) is 6.33 Å². The van der Waals surface area contributed by atoms with Crippen LogP contribution >= 0.6 is 0 Å². The number of carbonyl (C=O) groups is 2. The van der Waals surface area contributed by atoms with Crippen LogP contribution in [0.15, 0.2) is 61.1 Å². The van der Waals surface area contributed by atoms with E-state index in [0.717, 1.165) is 30.5 Å². The number of pyridine rings is 1. The van der Waals surface area contributed by atoms with E-state index >= 15 is 0 Å². The van der Waals surface area contributed by atoms with Crippen LogP contribution in [0.3, 0.4) is 0 Å². The fraction of sp³-hybridized carbons (Fsp3) is 0.296. The van der Waals surface area contributed by atoms with Gasteiger partial charge < -0.3 is 15.2 Å². The van der Waals surface area contributed by atoms with Crippen LogP contribution < -0.4 is 5.32 Å². The molecule has 1 fully saturated rings. The van der Waals surface area contributed by atoms with Crippen molar-refractivity contribution in [3.05, 3.63) is 72.3 Å². The Morgan fingerprint density at radius 3 is 2.39 bits per heavy atom. The Labute approximate surface area is 208 Å². The number of carboxylic acids is 1. The smallest absolute Gasteiger partial charge is 0.408 e. The molecule has 1 aromatic carbocycles. The Hall–Kier alpha value is -4.27. The molecule has 9 nitrogen and oxygen atoms in total. The van der Waals surface area contributed by atoms with Crippen molar-refractivity contribution < 1.29 is 19.4 Å². The summed E-state index contributed by atoms with van der Waals surface area (Å²) in [5.41, 5.74) is 2.51. The predicted molar refractivity (Wildman–Crippen MR) is 134 cm³/mol. The van der Waals surface area contributed by atoms with Crippen molar-refractivity contribution in [2.75, 3.05) is 0 Å². The number of hydrogen-bond donors (Lipinski definition) is 2. The standard InChI is InChI=1S/C27H27N5O4/c1-26(2,3)36-25(35)31-27(12-6-13-27)17-8-10-18(11-9-17)32-21(20-7-4-5-14-28-20)15-19-22(24(33)34)29-16-30-23(19)32/h4-5,7-11,14-16H,6,12-13H2,1-3H3,(H,31,35)(H,33,34). The maximum atomic E-state index is 12.5. The van der Waals surface area contributed by atoms with Gasteiger partial charge in [-0.1, -0.05) is 18.2 Å². The van der Waals surface area contributed by atoms with E-state index in [-0.39, 0.29) is 5.69 Å². The summed E-state index contributed by atoms with van der Waals surface area (Å²) >= 11 is 0. The van der Waals surface area contributed by atoms with Gasteiger partial charge in [-0.3, -0.25) is 9.55 Å². The van der Waals surface area contributed by atoms with Gasteiger partial charge in [-0.2, -0.15) is 0 Å². The highest BCUT2D eigenvalue weighted by Gasteiger charge is 2.41. The molecular weight excluding hydrogens is 458 g/mol. The minimum absolute atomic E-state index is 0.0671. The van der Waals surface area contributed by atoms with E-state index in [1.807, 2.05) is 67.8 Å². The Bertz CT molecular complexity index is 1440. The highest BCUT2D eigenvalue weighted by Crippen LogP contribution is 2.42. The number of aromatic nitrogens is 4. The highest BCUT2D eigenvalue weighted by atomic mass is 16.6. The number of benzene rings is 1. The summed E-state index contributed by atoms with van der Waals surface area (Å²) < 4.78 is 7.37. The van der Waals surface area contributed by atoms with Crippen LogP contribution in [0.2, 0.25) is 0 Å².